The fourth-order valence-electron chi connectivity index (χ4n) is 2.73. The van der Waals surface area contributed by atoms with Crippen molar-refractivity contribution < 1.29 is 24.5 Å². The zero-order valence-corrected chi connectivity index (χ0v) is 11.0. The van der Waals surface area contributed by atoms with Crippen molar-refractivity contribution in [2.75, 3.05) is 7.05 Å². The molecule has 0 aliphatic carbocycles. The molecule has 2 saturated heterocycles. The molecule has 0 spiro atoms. The lowest BCUT2D eigenvalue weighted by molar-refractivity contribution is -0.147. The highest BCUT2D eigenvalue weighted by Crippen LogP contribution is 2.36. The molecule has 0 aromatic carbocycles. The molecule has 2 heterocycles. The van der Waals surface area contributed by atoms with Gasteiger partial charge in [-0.15, -0.1) is 0 Å². The number of hydrogen-bond acceptors (Lipinski definition) is 5. The van der Waals surface area contributed by atoms with Gasteiger partial charge in [0.2, 0.25) is 0 Å². The summed E-state index contributed by atoms with van der Waals surface area (Å²) < 4.78 is 5.25. The lowest BCUT2D eigenvalue weighted by Gasteiger charge is -2.34. The Morgan fingerprint density at radius 1 is 1.22 bits per heavy atom. The van der Waals surface area contributed by atoms with Crippen LogP contribution in [0.1, 0.15) is 33.1 Å². The zero-order valence-electron chi connectivity index (χ0n) is 11.0. The number of esters is 1. The number of piperidine rings is 1. The number of nitrogens with zero attached hydrogens (tertiary/aromatic N) is 1. The van der Waals surface area contributed by atoms with Crippen LogP contribution in [-0.2, 0) is 14.3 Å². The second-order valence-corrected chi connectivity index (χ2v) is 4.91. The first-order chi connectivity index (χ1) is 8.31. The molecule has 2 aliphatic heterocycles. The maximum atomic E-state index is 10.9. The van der Waals surface area contributed by atoms with Crippen LogP contribution in [0.5, 0.6) is 0 Å². The summed E-state index contributed by atoms with van der Waals surface area (Å²) >= 11 is 0. The van der Waals surface area contributed by atoms with Crippen LogP contribution in [-0.4, -0.2) is 58.4 Å². The van der Waals surface area contributed by atoms with Crippen molar-refractivity contribution in [3.8, 4) is 0 Å². The molecule has 0 unspecified atom stereocenters. The summed E-state index contributed by atoms with van der Waals surface area (Å²) in [4.78, 5) is 22.1. The Morgan fingerprint density at radius 3 is 2.28 bits per heavy atom. The van der Waals surface area contributed by atoms with Crippen molar-refractivity contribution in [1.29, 1.82) is 0 Å². The van der Waals surface area contributed by atoms with Crippen LogP contribution in [0.15, 0.2) is 0 Å². The van der Waals surface area contributed by atoms with Gasteiger partial charge in [0.25, 0.3) is 5.97 Å². The minimum atomic E-state index is -0.833. The van der Waals surface area contributed by atoms with Gasteiger partial charge in [-0.05, 0) is 19.9 Å². The largest absolute Gasteiger partial charge is 0.481 e. The van der Waals surface area contributed by atoms with E-state index in [2.05, 4.69) is 4.90 Å². The molecule has 6 nitrogen and oxygen atoms in total. The van der Waals surface area contributed by atoms with E-state index < -0.39 is 5.97 Å². The van der Waals surface area contributed by atoms with Gasteiger partial charge in [0.05, 0.1) is 6.10 Å². The number of aliphatic hydroxyl groups is 1. The van der Waals surface area contributed by atoms with Gasteiger partial charge in [0.15, 0.2) is 0 Å². The zero-order chi connectivity index (χ0) is 13.9. The lowest BCUT2D eigenvalue weighted by atomic mass is 10.0. The molecule has 0 saturated carbocycles. The molecule has 2 aliphatic rings. The number of hydrogen-bond donors (Lipinski definition) is 2. The monoisotopic (exact) mass is 259 g/mol. The molecule has 104 valence electrons. The Labute approximate surface area is 107 Å². The molecule has 4 atom stereocenters. The molecule has 18 heavy (non-hydrogen) atoms. The second kappa shape index (κ2) is 6.15. The molecule has 2 fully saturated rings. The third kappa shape index (κ3) is 3.96. The van der Waals surface area contributed by atoms with Gasteiger partial charge >= 0.3 is 5.97 Å². The van der Waals surface area contributed by atoms with E-state index in [1.807, 2.05) is 7.05 Å². The fraction of sp³-hybridized carbons (Fsp3) is 0.833. The first kappa shape index (κ1) is 14.9. The van der Waals surface area contributed by atoms with E-state index in [0.29, 0.717) is 6.04 Å². The van der Waals surface area contributed by atoms with E-state index >= 15 is 0 Å². The van der Waals surface area contributed by atoms with Crippen molar-refractivity contribution in [2.45, 2.75) is 57.4 Å². The predicted molar refractivity (Wildman–Crippen MR) is 64.1 cm³/mol. The number of ether oxygens (including phenoxy) is 1. The lowest BCUT2D eigenvalue weighted by Crippen LogP contribution is -2.44. The Balaban J connectivity index is 0.000000357. The molecule has 0 amide bonds. The van der Waals surface area contributed by atoms with Crippen molar-refractivity contribution >= 4 is 11.9 Å². The van der Waals surface area contributed by atoms with Gasteiger partial charge in [-0.25, -0.2) is 0 Å². The van der Waals surface area contributed by atoms with Crippen LogP contribution in [0.4, 0.5) is 0 Å². The van der Waals surface area contributed by atoms with E-state index in [-0.39, 0.29) is 24.2 Å². The van der Waals surface area contributed by atoms with Gasteiger partial charge in [-0.1, -0.05) is 0 Å². The van der Waals surface area contributed by atoms with Gasteiger partial charge in [0.1, 0.15) is 6.10 Å². The third-order valence-electron chi connectivity index (χ3n) is 3.41. The molecular formula is C12H21NO5. The van der Waals surface area contributed by atoms with E-state index in [9.17, 15) is 9.90 Å². The number of rotatable bonds is 1. The van der Waals surface area contributed by atoms with Gasteiger partial charge in [0, 0.05) is 32.4 Å². The highest BCUT2D eigenvalue weighted by atomic mass is 16.5. The summed E-state index contributed by atoms with van der Waals surface area (Å²) in [5.74, 6) is -1.05. The number of carbonyl (C=O) groups excluding carboxylic acids is 1. The van der Waals surface area contributed by atoms with Crippen LogP contribution in [0, 0.1) is 0 Å². The summed E-state index contributed by atoms with van der Waals surface area (Å²) in [7, 11) is 2.05. The molecular weight excluding hydrogens is 238 g/mol. The normalized spacial score (nSPS) is 34.4. The van der Waals surface area contributed by atoms with Crippen LogP contribution in [0.2, 0.25) is 0 Å². The van der Waals surface area contributed by atoms with E-state index in [4.69, 9.17) is 14.6 Å². The average molecular weight is 259 g/mol. The number of carboxylic acid groups (broad SMARTS) is 1. The second-order valence-electron chi connectivity index (χ2n) is 4.91. The van der Waals surface area contributed by atoms with Crippen molar-refractivity contribution in [3.63, 3.8) is 0 Å². The average Bonchev–Trinajstić information content (AvgIpc) is 2.40. The van der Waals surface area contributed by atoms with Crippen LogP contribution < -0.4 is 0 Å². The SMILES string of the molecule is CC(=O)O.CC(=O)O[C@H]1C[C@@H]2C[C@H](O)C[C@H]1N2C. The summed E-state index contributed by atoms with van der Waals surface area (Å²) in [6.45, 7) is 2.53. The first-order valence-corrected chi connectivity index (χ1v) is 6.08. The smallest absolute Gasteiger partial charge is 0.302 e. The quantitative estimate of drug-likeness (QED) is 0.656. The Morgan fingerprint density at radius 2 is 1.78 bits per heavy atom. The number of carboxylic acids is 1. The van der Waals surface area contributed by atoms with Gasteiger partial charge < -0.3 is 14.9 Å². The minimum Gasteiger partial charge on any atom is -0.481 e. The highest BCUT2D eigenvalue weighted by molar-refractivity contribution is 5.66. The van der Waals surface area contributed by atoms with Gasteiger partial charge in [-0.3, -0.25) is 14.5 Å². The highest BCUT2D eigenvalue weighted by Gasteiger charge is 2.45. The van der Waals surface area contributed by atoms with Crippen molar-refractivity contribution in [1.82, 2.24) is 4.90 Å². The fourth-order valence-corrected chi connectivity index (χ4v) is 2.73. The molecule has 2 rings (SSSR count). The van der Waals surface area contributed by atoms with Crippen LogP contribution >= 0.6 is 0 Å². The topological polar surface area (TPSA) is 87.1 Å². The number of aliphatic carboxylic acids is 1. The summed E-state index contributed by atoms with van der Waals surface area (Å²) in [6, 6.07) is 0.598. The summed E-state index contributed by atoms with van der Waals surface area (Å²) in [5, 5.41) is 17.0. The molecule has 2 bridgehead atoms. The third-order valence-corrected chi connectivity index (χ3v) is 3.41. The van der Waals surface area contributed by atoms with Gasteiger partial charge in [-0.2, -0.15) is 0 Å². The number of fused-ring (bicyclic) bond motifs is 2. The molecule has 6 heteroatoms. The van der Waals surface area contributed by atoms with Crippen LogP contribution in [0.25, 0.3) is 0 Å². The maximum Gasteiger partial charge on any atom is 0.302 e. The predicted octanol–water partition coefficient (Wildman–Crippen LogP) is 0.236. The maximum absolute atomic E-state index is 10.9. The molecule has 0 radical (unpaired) electrons. The van der Waals surface area contributed by atoms with Crippen molar-refractivity contribution in [3.05, 3.63) is 0 Å². The van der Waals surface area contributed by atoms with Crippen LogP contribution in [0.3, 0.4) is 0 Å². The molecule has 0 aromatic rings. The Kier molecular flexibility index (Phi) is 5.10. The van der Waals surface area contributed by atoms with Crippen molar-refractivity contribution in [2.24, 2.45) is 0 Å². The standard InChI is InChI=1S/C10H17NO3.C2H4O2/c1-6(12)14-10-4-7-3-8(13)5-9(10)11(7)2;1-2(3)4/h7-10,13H,3-5H2,1-2H3;1H3,(H,3,4)/t7-,8-,9+,10-;/m0./s1. The first-order valence-electron chi connectivity index (χ1n) is 6.08. The number of aliphatic hydroxyl groups excluding tert-OH is 1. The summed E-state index contributed by atoms with van der Waals surface area (Å²) in [6.07, 6.45) is 2.18. The van der Waals surface area contributed by atoms with E-state index in [0.717, 1.165) is 26.2 Å². The summed E-state index contributed by atoms with van der Waals surface area (Å²) in [5.41, 5.74) is 0. The molecule has 2 N–H and O–H groups in total. The number of carbonyl (C=O) groups is 2. The number of likely N-dealkylation sites (N-methyl/N-ethyl adjacent to an activating group) is 1. The Hall–Kier alpha value is -1.14. The molecule has 0 aromatic heterocycles. The minimum absolute atomic E-state index is 0.0142. The van der Waals surface area contributed by atoms with E-state index in [1.54, 1.807) is 0 Å². The van der Waals surface area contributed by atoms with E-state index in [1.165, 1.54) is 6.92 Å². The Bertz CT molecular complexity index is 316.